The molecule has 0 aliphatic heterocycles. The van der Waals surface area contributed by atoms with E-state index in [-0.39, 0.29) is 11.9 Å². The highest BCUT2D eigenvalue weighted by Gasteiger charge is 2.18. The normalized spacial score (nSPS) is 16.5. The van der Waals surface area contributed by atoms with Crippen molar-refractivity contribution in [1.82, 2.24) is 10.6 Å². The van der Waals surface area contributed by atoms with Gasteiger partial charge in [-0.25, -0.2) is 0 Å². The molecule has 0 bridgehead atoms. The molecule has 0 aromatic heterocycles. The van der Waals surface area contributed by atoms with Gasteiger partial charge in [-0.05, 0) is 27.2 Å². The second-order valence-electron chi connectivity index (χ2n) is 3.83. The molecular formula is C10H21N3O2. The van der Waals surface area contributed by atoms with Crippen LogP contribution in [-0.4, -0.2) is 29.9 Å². The zero-order chi connectivity index (χ0) is 12.0. The number of nitrogens with one attached hydrogen (secondary N) is 2. The summed E-state index contributed by atoms with van der Waals surface area (Å²) in [6, 6.07) is -0.769. The number of rotatable bonds is 6. The predicted octanol–water partition coefficient (Wildman–Crippen LogP) is -0.247. The average molecular weight is 215 g/mol. The topological polar surface area (TPSA) is 84.2 Å². The zero-order valence-electron chi connectivity index (χ0n) is 9.83. The maximum atomic E-state index is 11.5. The first-order valence-electron chi connectivity index (χ1n) is 5.24. The first-order chi connectivity index (χ1) is 6.88. The summed E-state index contributed by atoms with van der Waals surface area (Å²) in [6.07, 6.45) is 0.879. The van der Waals surface area contributed by atoms with Gasteiger partial charge in [0, 0.05) is 6.04 Å². The van der Waals surface area contributed by atoms with E-state index in [9.17, 15) is 9.59 Å². The Morgan fingerprint density at radius 3 is 2.13 bits per heavy atom. The number of carbonyl (C=O) groups is 2. The predicted molar refractivity (Wildman–Crippen MR) is 59.1 cm³/mol. The molecule has 3 unspecified atom stereocenters. The number of hydrogen-bond acceptors (Lipinski definition) is 3. The molecular weight excluding hydrogens is 194 g/mol. The van der Waals surface area contributed by atoms with Gasteiger partial charge in [0.15, 0.2) is 0 Å². The van der Waals surface area contributed by atoms with Gasteiger partial charge >= 0.3 is 0 Å². The Bertz CT molecular complexity index is 231. The highest BCUT2D eigenvalue weighted by Crippen LogP contribution is 1.92. The molecule has 0 saturated carbocycles. The van der Waals surface area contributed by atoms with Gasteiger partial charge in [-0.2, -0.15) is 0 Å². The molecule has 5 nitrogen and oxygen atoms in total. The molecule has 0 radical (unpaired) electrons. The maximum Gasteiger partial charge on any atom is 0.237 e. The van der Waals surface area contributed by atoms with Crippen molar-refractivity contribution in [3.05, 3.63) is 0 Å². The van der Waals surface area contributed by atoms with Gasteiger partial charge < -0.3 is 11.1 Å². The lowest BCUT2D eigenvalue weighted by Gasteiger charge is -2.19. The van der Waals surface area contributed by atoms with Crippen LogP contribution < -0.4 is 16.4 Å². The summed E-state index contributed by atoms with van der Waals surface area (Å²) in [7, 11) is 0. The van der Waals surface area contributed by atoms with Crippen molar-refractivity contribution < 1.29 is 9.59 Å². The Labute approximate surface area is 90.8 Å². The number of hydrogen-bond donors (Lipinski definition) is 3. The zero-order valence-corrected chi connectivity index (χ0v) is 9.83. The Hall–Kier alpha value is -1.10. The summed E-state index contributed by atoms with van der Waals surface area (Å²) in [5, 5.41) is 5.64. The molecule has 0 aliphatic carbocycles. The van der Waals surface area contributed by atoms with E-state index in [4.69, 9.17) is 5.73 Å². The lowest BCUT2D eigenvalue weighted by atomic mass is 10.2. The fraction of sp³-hybridized carbons (Fsp3) is 0.800. The fourth-order valence-corrected chi connectivity index (χ4v) is 1.00. The monoisotopic (exact) mass is 215 g/mol. The summed E-state index contributed by atoms with van der Waals surface area (Å²) in [5.74, 6) is -0.573. The van der Waals surface area contributed by atoms with Crippen molar-refractivity contribution >= 4 is 11.8 Å². The van der Waals surface area contributed by atoms with E-state index in [0.717, 1.165) is 6.42 Å². The highest BCUT2D eigenvalue weighted by atomic mass is 16.2. The minimum absolute atomic E-state index is 0.113. The highest BCUT2D eigenvalue weighted by molar-refractivity contribution is 5.84. The summed E-state index contributed by atoms with van der Waals surface area (Å²) in [4.78, 5) is 22.3. The average Bonchev–Trinajstić information content (AvgIpc) is 2.16. The molecule has 3 atom stereocenters. The standard InChI is InChI=1S/C10H21N3O2/c1-5-6(2)12-10(15)8(4)13-7(3)9(11)14/h6-8,13H,5H2,1-4H3,(H2,11,14)(H,12,15). The van der Waals surface area contributed by atoms with Crippen molar-refractivity contribution in [1.29, 1.82) is 0 Å². The first-order valence-corrected chi connectivity index (χ1v) is 5.24. The molecule has 0 aromatic rings. The van der Waals surface area contributed by atoms with Crippen LogP contribution >= 0.6 is 0 Å². The van der Waals surface area contributed by atoms with Gasteiger partial charge in [0.05, 0.1) is 12.1 Å². The van der Waals surface area contributed by atoms with E-state index in [2.05, 4.69) is 10.6 Å². The van der Waals surface area contributed by atoms with E-state index in [0.29, 0.717) is 0 Å². The molecule has 0 aromatic carbocycles. The molecule has 0 heterocycles. The molecule has 0 fully saturated rings. The van der Waals surface area contributed by atoms with E-state index < -0.39 is 18.0 Å². The Morgan fingerprint density at radius 2 is 1.73 bits per heavy atom. The number of nitrogens with two attached hydrogens (primary N) is 1. The van der Waals surface area contributed by atoms with Gasteiger partial charge in [-0.1, -0.05) is 6.92 Å². The van der Waals surface area contributed by atoms with Gasteiger partial charge in [0.1, 0.15) is 0 Å². The largest absolute Gasteiger partial charge is 0.368 e. The molecule has 0 saturated heterocycles. The smallest absolute Gasteiger partial charge is 0.237 e. The van der Waals surface area contributed by atoms with Crippen LogP contribution in [0.2, 0.25) is 0 Å². The summed E-state index contributed by atoms with van der Waals surface area (Å²) in [6.45, 7) is 7.27. The lowest BCUT2D eigenvalue weighted by Crippen LogP contribution is -2.51. The van der Waals surface area contributed by atoms with Crippen molar-refractivity contribution in [3.63, 3.8) is 0 Å². The van der Waals surface area contributed by atoms with Crippen LogP contribution in [0.4, 0.5) is 0 Å². The molecule has 5 heteroatoms. The maximum absolute atomic E-state index is 11.5. The van der Waals surface area contributed by atoms with Crippen molar-refractivity contribution in [2.75, 3.05) is 0 Å². The fourth-order valence-electron chi connectivity index (χ4n) is 1.00. The molecule has 0 aliphatic rings. The van der Waals surface area contributed by atoms with E-state index in [1.54, 1.807) is 13.8 Å². The van der Waals surface area contributed by atoms with Crippen LogP contribution in [0, 0.1) is 0 Å². The van der Waals surface area contributed by atoms with Gasteiger partial charge in [-0.15, -0.1) is 0 Å². The second-order valence-corrected chi connectivity index (χ2v) is 3.83. The van der Waals surface area contributed by atoms with Crippen LogP contribution in [0.25, 0.3) is 0 Å². The number of carbonyl (C=O) groups excluding carboxylic acids is 2. The van der Waals surface area contributed by atoms with Crippen LogP contribution in [0.1, 0.15) is 34.1 Å². The van der Waals surface area contributed by atoms with E-state index in [1.165, 1.54) is 0 Å². The van der Waals surface area contributed by atoms with Gasteiger partial charge in [0.25, 0.3) is 0 Å². The Morgan fingerprint density at radius 1 is 1.20 bits per heavy atom. The molecule has 2 amide bonds. The number of amides is 2. The summed E-state index contributed by atoms with van der Waals surface area (Å²) < 4.78 is 0. The summed E-state index contributed by atoms with van der Waals surface area (Å²) in [5.41, 5.74) is 5.08. The SMILES string of the molecule is CCC(C)NC(=O)C(C)NC(C)C(N)=O. The van der Waals surface area contributed by atoms with Gasteiger partial charge in [0.2, 0.25) is 11.8 Å². The third kappa shape index (κ3) is 5.37. The molecule has 0 spiro atoms. The van der Waals surface area contributed by atoms with Crippen LogP contribution in [0.5, 0.6) is 0 Å². The minimum Gasteiger partial charge on any atom is -0.368 e. The van der Waals surface area contributed by atoms with Crippen LogP contribution in [0.15, 0.2) is 0 Å². The Kier molecular flexibility index (Phi) is 5.93. The third-order valence-electron chi connectivity index (χ3n) is 2.32. The lowest BCUT2D eigenvalue weighted by molar-refractivity contribution is -0.124. The first kappa shape index (κ1) is 13.9. The number of primary amides is 1. The van der Waals surface area contributed by atoms with Crippen LogP contribution in [0.3, 0.4) is 0 Å². The third-order valence-corrected chi connectivity index (χ3v) is 2.32. The van der Waals surface area contributed by atoms with Gasteiger partial charge in [-0.3, -0.25) is 14.9 Å². The second kappa shape index (κ2) is 6.40. The molecule has 0 rings (SSSR count). The van der Waals surface area contributed by atoms with Crippen LogP contribution in [-0.2, 0) is 9.59 Å². The molecule has 4 N–H and O–H groups in total. The van der Waals surface area contributed by atoms with Crippen molar-refractivity contribution in [2.45, 2.75) is 52.2 Å². The van der Waals surface area contributed by atoms with E-state index >= 15 is 0 Å². The van der Waals surface area contributed by atoms with E-state index in [1.807, 2.05) is 13.8 Å². The summed E-state index contributed by atoms with van der Waals surface area (Å²) >= 11 is 0. The quantitative estimate of drug-likeness (QED) is 0.571. The molecule has 15 heavy (non-hydrogen) atoms. The Balaban J connectivity index is 4.04. The molecule has 88 valence electrons. The van der Waals surface area contributed by atoms with Crippen molar-refractivity contribution in [3.8, 4) is 0 Å². The minimum atomic E-state index is -0.498. The van der Waals surface area contributed by atoms with Crippen molar-refractivity contribution in [2.24, 2.45) is 5.73 Å².